The quantitative estimate of drug-likeness (QED) is 0.261. The third kappa shape index (κ3) is 4.90. The zero-order chi connectivity index (χ0) is 24.2. The first kappa shape index (κ1) is 24.8. The van der Waals surface area contributed by atoms with E-state index in [9.17, 15) is 40.3 Å². The second kappa shape index (κ2) is 7.90. The van der Waals surface area contributed by atoms with Gasteiger partial charge in [-0.25, -0.2) is 13.6 Å². The summed E-state index contributed by atoms with van der Waals surface area (Å²) in [4.78, 5) is 24.9. The Bertz CT molecular complexity index is 776. The number of rotatable bonds is 8. The lowest BCUT2D eigenvalue weighted by atomic mass is 9.48. The molecule has 4 bridgehead atoms. The molecule has 32 heavy (non-hydrogen) atoms. The summed E-state index contributed by atoms with van der Waals surface area (Å²) in [7, 11) is 0. The number of halogens is 7. The van der Waals surface area contributed by atoms with Crippen LogP contribution in [0.2, 0.25) is 0 Å². The lowest BCUT2D eigenvalue weighted by Crippen LogP contribution is -2.60. The molecule has 4 saturated carbocycles. The smallest absolute Gasteiger partial charge is 0.453 e. The monoisotopic (exact) mass is 474 g/mol. The average Bonchev–Trinajstić information content (AvgIpc) is 2.57. The Morgan fingerprint density at radius 1 is 1.00 bits per heavy atom. The molecular formula is C21H25F7O4. The predicted molar refractivity (Wildman–Crippen MR) is 96.9 cm³/mol. The minimum Gasteiger partial charge on any atom is -0.465 e. The van der Waals surface area contributed by atoms with Crippen molar-refractivity contribution in [1.82, 2.24) is 0 Å². The molecule has 0 saturated heterocycles. The van der Waals surface area contributed by atoms with Gasteiger partial charge in [0.1, 0.15) is 5.60 Å². The Morgan fingerprint density at radius 2 is 1.56 bits per heavy atom. The lowest BCUT2D eigenvalue weighted by Gasteiger charge is -2.59. The van der Waals surface area contributed by atoms with Gasteiger partial charge in [-0.3, -0.25) is 4.79 Å². The van der Waals surface area contributed by atoms with Gasteiger partial charge in [0.15, 0.2) is 0 Å². The van der Waals surface area contributed by atoms with E-state index in [1.165, 1.54) is 6.92 Å². The Kier molecular flexibility index (Phi) is 6.13. The van der Waals surface area contributed by atoms with E-state index >= 15 is 0 Å². The van der Waals surface area contributed by atoms with Crippen molar-refractivity contribution in [3.63, 3.8) is 0 Å². The van der Waals surface area contributed by atoms with Crippen LogP contribution in [-0.4, -0.2) is 42.2 Å². The summed E-state index contributed by atoms with van der Waals surface area (Å²) in [5.41, 5.74) is -1.72. The zero-order valence-electron chi connectivity index (χ0n) is 17.5. The summed E-state index contributed by atoms with van der Waals surface area (Å²) in [6.45, 7) is 4.05. The molecule has 4 fully saturated rings. The molecule has 0 aromatic carbocycles. The van der Waals surface area contributed by atoms with E-state index < -0.39 is 60.4 Å². The van der Waals surface area contributed by atoms with Gasteiger partial charge in [-0.15, -0.1) is 0 Å². The molecule has 0 radical (unpaired) electrons. The highest BCUT2D eigenvalue weighted by Crippen LogP contribution is 2.63. The second-order valence-corrected chi connectivity index (χ2v) is 9.72. The molecule has 182 valence electrons. The lowest BCUT2D eigenvalue weighted by molar-refractivity contribution is -0.301. The summed E-state index contributed by atoms with van der Waals surface area (Å²) in [6, 6.07) is 0. The van der Waals surface area contributed by atoms with E-state index in [0.29, 0.717) is 25.7 Å². The van der Waals surface area contributed by atoms with E-state index in [-0.39, 0.29) is 23.8 Å². The van der Waals surface area contributed by atoms with Crippen LogP contribution in [0.5, 0.6) is 0 Å². The van der Waals surface area contributed by atoms with Gasteiger partial charge in [0.25, 0.3) is 5.92 Å². The van der Waals surface area contributed by atoms with E-state index in [0.717, 1.165) is 6.42 Å². The molecule has 0 heterocycles. The summed E-state index contributed by atoms with van der Waals surface area (Å²) in [5, 5.41) is 0. The van der Waals surface area contributed by atoms with Crippen LogP contribution in [0.25, 0.3) is 0 Å². The van der Waals surface area contributed by atoms with E-state index in [1.807, 2.05) is 0 Å². The molecule has 0 aromatic rings. The average molecular weight is 474 g/mol. The molecule has 4 nitrogen and oxygen atoms in total. The van der Waals surface area contributed by atoms with Gasteiger partial charge < -0.3 is 9.47 Å². The zero-order valence-corrected chi connectivity index (χ0v) is 17.5. The van der Waals surface area contributed by atoms with Crippen molar-refractivity contribution in [2.45, 2.75) is 81.9 Å². The van der Waals surface area contributed by atoms with Crippen molar-refractivity contribution in [2.24, 2.45) is 17.3 Å². The van der Waals surface area contributed by atoms with Crippen molar-refractivity contribution in [3.05, 3.63) is 12.2 Å². The maximum absolute atomic E-state index is 13.7. The number of esters is 2. The highest BCUT2D eigenvalue weighted by molar-refractivity contribution is 5.87. The Hall–Kier alpha value is -1.81. The fraction of sp³-hybridized carbons (Fsp3) is 0.810. The maximum atomic E-state index is 13.7. The first-order valence-corrected chi connectivity index (χ1v) is 10.4. The van der Waals surface area contributed by atoms with Gasteiger partial charge in [-0.1, -0.05) is 6.58 Å². The van der Waals surface area contributed by atoms with Gasteiger partial charge in [0.05, 0.1) is 18.4 Å². The van der Waals surface area contributed by atoms with E-state index in [2.05, 4.69) is 6.58 Å². The molecule has 0 aliphatic heterocycles. The van der Waals surface area contributed by atoms with Crippen LogP contribution in [0.15, 0.2) is 12.2 Å². The van der Waals surface area contributed by atoms with Gasteiger partial charge in [0, 0.05) is 18.4 Å². The minimum atomic E-state index is -6.10. The molecule has 0 aromatic heterocycles. The molecule has 0 N–H and O–H groups in total. The van der Waals surface area contributed by atoms with Crippen molar-refractivity contribution >= 4 is 11.9 Å². The van der Waals surface area contributed by atoms with Crippen molar-refractivity contribution in [1.29, 1.82) is 0 Å². The summed E-state index contributed by atoms with van der Waals surface area (Å²) in [6.07, 6.45) is -7.26. The van der Waals surface area contributed by atoms with Crippen molar-refractivity contribution in [3.8, 4) is 0 Å². The number of hydrogen-bond donors (Lipinski definition) is 0. The molecule has 2 unspecified atom stereocenters. The Morgan fingerprint density at radius 3 is 2.06 bits per heavy atom. The van der Waals surface area contributed by atoms with Crippen LogP contribution in [-0.2, 0) is 19.1 Å². The number of ether oxygens (including phenoxy) is 2. The third-order valence-corrected chi connectivity index (χ3v) is 6.69. The molecule has 0 spiro atoms. The van der Waals surface area contributed by atoms with E-state index in [1.54, 1.807) is 0 Å². The van der Waals surface area contributed by atoms with Crippen LogP contribution in [0.3, 0.4) is 0 Å². The normalized spacial score (nSPS) is 32.0. The third-order valence-electron chi connectivity index (χ3n) is 6.69. The SMILES string of the molecule is C=C(C)C(=O)OC12CC3CC(C1)CC(C(=O)OCCC(F)(F)CC(F)(F)C(F)(F)F)(C3)C2. The van der Waals surface area contributed by atoms with Crippen molar-refractivity contribution < 1.29 is 49.8 Å². The molecule has 4 aliphatic carbocycles. The molecular weight excluding hydrogens is 449 g/mol. The highest BCUT2D eigenvalue weighted by Gasteiger charge is 2.64. The standard InChI is InChI=1S/C21H25F7O4/c1-12(2)15(29)32-18-8-13-5-14(9-18)7-17(6-13,10-18)16(30)31-4-3-19(22,23)11-20(24,25)21(26,27)28/h13-14H,1,3-11H2,2H3. The topological polar surface area (TPSA) is 52.6 Å². The largest absolute Gasteiger partial charge is 0.465 e. The Balaban J connectivity index is 1.63. The van der Waals surface area contributed by atoms with Gasteiger partial charge in [-0.05, 0) is 50.9 Å². The van der Waals surface area contributed by atoms with Gasteiger partial charge in [0.2, 0.25) is 0 Å². The summed E-state index contributed by atoms with van der Waals surface area (Å²) >= 11 is 0. The fourth-order valence-corrected chi connectivity index (χ4v) is 5.78. The molecule has 4 aliphatic rings. The molecule has 2 atom stereocenters. The van der Waals surface area contributed by atoms with Gasteiger partial charge in [-0.2, -0.15) is 22.0 Å². The Labute approximate surface area is 180 Å². The number of hydrogen-bond acceptors (Lipinski definition) is 4. The highest BCUT2D eigenvalue weighted by atomic mass is 19.4. The molecule has 4 rings (SSSR count). The van der Waals surface area contributed by atoms with Crippen LogP contribution in [0.1, 0.15) is 58.3 Å². The predicted octanol–water partition coefficient (Wildman–Crippen LogP) is 5.60. The van der Waals surface area contributed by atoms with Crippen LogP contribution < -0.4 is 0 Å². The van der Waals surface area contributed by atoms with Crippen LogP contribution in [0.4, 0.5) is 30.7 Å². The number of alkyl halides is 7. The van der Waals surface area contributed by atoms with Crippen molar-refractivity contribution in [2.75, 3.05) is 6.61 Å². The summed E-state index contributed by atoms with van der Waals surface area (Å²) < 4.78 is 101. The first-order valence-electron chi connectivity index (χ1n) is 10.4. The van der Waals surface area contributed by atoms with Crippen LogP contribution >= 0.6 is 0 Å². The van der Waals surface area contributed by atoms with E-state index in [4.69, 9.17) is 9.47 Å². The van der Waals surface area contributed by atoms with Crippen LogP contribution in [0, 0.1) is 17.3 Å². The molecule has 0 amide bonds. The maximum Gasteiger partial charge on any atom is 0.453 e. The number of carbonyl (C=O) groups is 2. The first-order chi connectivity index (χ1) is 14.5. The van der Waals surface area contributed by atoms with Gasteiger partial charge >= 0.3 is 24.0 Å². The minimum absolute atomic E-state index is 0.0774. The summed E-state index contributed by atoms with van der Waals surface area (Å²) in [5.74, 6) is -11.2. The second-order valence-electron chi connectivity index (χ2n) is 9.72. The number of carbonyl (C=O) groups excluding carboxylic acids is 2. The molecule has 11 heteroatoms. The fourth-order valence-electron chi connectivity index (χ4n) is 5.78.